The van der Waals surface area contributed by atoms with Crippen LogP contribution in [0, 0.1) is 0 Å². The summed E-state index contributed by atoms with van der Waals surface area (Å²) >= 11 is 0. The molecule has 0 fully saturated rings. The Morgan fingerprint density at radius 2 is 2.05 bits per heavy atom. The van der Waals surface area contributed by atoms with Crippen molar-refractivity contribution in [1.29, 1.82) is 0 Å². The Balaban J connectivity index is 2.58. The molecule has 0 aliphatic heterocycles. The van der Waals surface area contributed by atoms with E-state index in [1.807, 2.05) is 6.92 Å². The van der Waals surface area contributed by atoms with E-state index in [1.54, 1.807) is 6.07 Å². The maximum atomic E-state index is 12.1. The number of alkyl halides is 3. The summed E-state index contributed by atoms with van der Waals surface area (Å²) in [5.74, 6) is -0.0508. The standard InChI is InChI=1S/C12H17F3N4O/c1-3-7-16-10-5-4-9(17-18-10)11(20)19(2)8-6-12(13,14)15/h4-5H,3,6-8H2,1-2H3,(H,16,18). The zero-order chi connectivity index (χ0) is 15.2. The smallest absolute Gasteiger partial charge is 0.369 e. The third kappa shape index (κ3) is 5.41. The molecule has 0 saturated carbocycles. The van der Waals surface area contributed by atoms with Crippen molar-refractivity contribution >= 4 is 11.7 Å². The van der Waals surface area contributed by atoms with E-state index in [4.69, 9.17) is 0 Å². The van der Waals surface area contributed by atoms with Gasteiger partial charge in [-0.05, 0) is 18.6 Å². The topological polar surface area (TPSA) is 58.1 Å². The number of amides is 1. The molecule has 1 N–H and O–H groups in total. The fourth-order valence-electron chi connectivity index (χ4n) is 1.39. The Morgan fingerprint density at radius 1 is 1.35 bits per heavy atom. The number of aromatic nitrogens is 2. The number of nitrogens with zero attached hydrogens (tertiary/aromatic N) is 3. The van der Waals surface area contributed by atoms with Gasteiger partial charge in [-0.1, -0.05) is 6.92 Å². The minimum Gasteiger partial charge on any atom is -0.369 e. The molecule has 1 amide bonds. The van der Waals surface area contributed by atoms with Gasteiger partial charge in [0.1, 0.15) is 5.82 Å². The van der Waals surface area contributed by atoms with Crippen LogP contribution in [0.4, 0.5) is 19.0 Å². The second-order valence-electron chi connectivity index (χ2n) is 4.32. The first-order chi connectivity index (χ1) is 9.33. The van der Waals surface area contributed by atoms with Crippen LogP contribution in [0.1, 0.15) is 30.3 Å². The van der Waals surface area contributed by atoms with Gasteiger partial charge in [0.25, 0.3) is 5.91 Å². The van der Waals surface area contributed by atoms with Gasteiger partial charge in [0.05, 0.1) is 6.42 Å². The predicted molar refractivity (Wildman–Crippen MR) is 68.4 cm³/mol. The molecule has 0 unspecified atom stereocenters. The van der Waals surface area contributed by atoms with Crippen molar-refractivity contribution in [1.82, 2.24) is 15.1 Å². The van der Waals surface area contributed by atoms with E-state index < -0.39 is 25.0 Å². The van der Waals surface area contributed by atoms with Crippen LogP contribution in [0.25, 0.3) is 0 Å². The second-order valence-corrected chi connectivity index (χ2v) is 4.32. The first-order valence-corrected chi connectivity index (χ1v) is 6.23. The van der Waals surface area contributed by atoms with Gasteiger partial charge >= 0.3 is 6.18 Å². The van der Waals surface area contributed by atoms with E-state index in [-0.39, 0.29) is 5.69 Å². The molecule has 1 rings (SSSR count). The van der Waals surface area contributed by atoms with E-state index in [0.29, 0.717) is 5.82 Å². The molecule has 1 heterocycles. The van der Waals surface area contributed by atoms with Crippen molar-refractivity contribution < 1.29 is 18.0 Å². The molecule has 20 heavy (non-hydrogen) atoms. The van der Waals surface area contributed by atoms with Crippen molar-refractivity contribution in [2.24, 2.45) is 0 Å². The van der Waals surface area contributed by atoms with Crippen LogP contribution >= 0.6 is 0 Å². The number of carbonyl (C=O) groups excluding carboxylic acids is 1. The van der Waals surface area contributed by atoms with Gasteiger partial charge in [-0.2, -0.15) is 13.2 Å². The SMILES string of the molecule is CCCNc1ccc(C(=O)N(C)CCC(F)(F)F)nn1. The third-order valence-corrected chi connectivity index (χ3v) is 2.52. The summed E-state index contributed by atoms with van der Waals surface area (Å²) in [4.78, 5) is 12.8. The summed E-state index contributed by atoms with van der Waals surface area (Å²) in [5.41, 5.74) is 0.0247. The van der Waals surface area contributed by atoms with Crippen LogP contribution in [0.15, 0.2) is 12.1 Å². The lowest BCUT2D eigenvalue weighted by Crippen LogP contribution is -2.31. The summed E-state index contributed by atoms with van der Waals surface area (Å²) in [6, 6.07) is 3.02. The lowest BCUT2D eigenvalue weighted by atomic mass is 10.3. The third-order valence-electron chi connectivity index (χ3n) is 2.52. The molecule has 0 atom stereocenters. The number of halogens is 3. The Hall–Kier alpha value is -1.86. The van der Waals surface area contributed by atoms with E-state index >= 15 is 0 Å². The zero-order valence-corrected chi connectivity index (χ0v) is 11.4. The largest absolute Gasteiger partial charge is 0.390 e. The second kappa shape index (κ2) is 7.06. The van der Waals surface area contributed by atoms with Gasteiger partial charge < -0.3 is 10.2 Å². The predicted octanol–water partition coefficient (Wildman–Crippen LogP) is 2.32. The molecule has 1 aromatic heterocycles. The highest BCUT2D eigenvalue weighted by Gasteiger charge is 2.28. The van der Waals surface area contributed by atoms with Crippen LogP contribution in [-0.2, 0) is 0 Å². The summed E-state index contributed by atoms with van der Waals surface area (Å²) in [5, 5.41) is 10.5. The molecular weight excluding hydrogens is 273 g/mol. The van der Waals surface area contributed by atoms with Crippen LogP contribution in [0.5, 0.6) is 0 Å². The fourth-order valence-corrected chi connectivity index (χ4v) is 1.39. The molecule has 0 radical (unpaired) electrons. The Labute approximate surface area is 115 Å². The van der Waals surface area contributed by atoms with E-state index in [2.05, 4.69) is 15.5 Å². The highest BCUT2D eigenvalue weighted by molar-refractivity contribution is 5.92. The Morgan fingerprint density at radius 3 is 2.55 bits per heavy atom. The maximum Gasteiger partial charge on any atom is 0.390 e. The molecule has 112 valence electrons. The monoisotopic (exact) mass is 290 g/mol. The molecule has 1 aromatic rings. The number of nitrogens with one attached hydrogen (secondary N) is 1. The Kier molecular flexibility index (Phi) is 5.72. The molecule has 0 saturated heterocycles. The average molecular weight is 290 g/mol. The molecule has 0 bridgehead atoms. The van der Waals surface area contributed by atoms with E-state index in [9.17, 15) is 18.0 Å². The molecule has 0 aliphatic carbocycles. The molecule has 5 nitrogen and oxygen atoms in total. The van der Waals surface area contributed by atoms with Crippen molar-refractivity contribution in [2.75, 3.05) is 25.5 Å². The molecule has 0 spiro atoms. The number of hydrogen-bond acceptors (Lipinski definition) is 4. The lowest BCUT2D eigenvalue weighted by molar-refractivity contribution is -0.136. The van der Waals surface area contributed by atoms with Crippen molar-refractivity contribution in [2.45, 2.75) is 25.9 Å². The molecule has 8 heteroatoms. The lowest BCUT2D eigenvalue weighted by Gasteiger charge is -2.17. The number of hydrogen-bond donors (Lipinski definition) is 1. The van der Waals surface area contributed by atoms with Gasteiger partial charge in [-0.15, -0.1) is 10.2 Å². The van der Waals surface area contributed by atoms with Crippen LogP contribution in [-0.4, -0.2) is 47.3 Å². The van der Waals surface area contributed by atoms with Crippen molar-refractivity contribution in [3.05, 3.63) is 17.8 Å². The Bertz CT molecular complexity index is 433. The minimum absolute atomic E-state index is 0.0247. The number of rotatable bonds is 6. The molecule has 0 aliphatic rings. The summed E-state index contributed by atoms with van der Waals surface area (Å²) in [6.45, 7) is 2.32. The van der Waals surface area contributed by atoms with E-state index in [0.717, 1.165) is 17.9 Å². The quantitative estimate of drug-likeness (QED) is 0.873. The van der Waals surface area contributed by atoms with Gasteiger partial charge in [0.2, 0.25) is 0 Å². The van der Waals surface area contributed by atoms with Gasteiger partial charge in [0.15, 0.2) is 5.69 Å². The van der Waals surface area contributed by atoms with Crippen LogP contribution in [0.3, 0.4) is 0 Å². The van der Waals surface area contributed by atoms with Crippen molar-refractivity contribution in [3.63, 3.8) is 0 Å². The molecular formula is C12H17F3N4O. The molecule has 0 aromatic carbocycles. The summed E-state index contributed by atoms with van der Waals surface area (Å²) in [7, 11) is 1.30. The summed E-state index contributed by atoms with van der Waals surface area (Å²) < 4.78 is 36.2. The number of anilines is 1. The normalized spacial score (nSPS) is 11.2. The van der Waals surface area contributed by atoms with Gasteiger partial charge in [0, 0.05) is 20.1 Å². The number of carbonyl (C=O) groups is 1. The van der Waals surface area contributed by atoms with Crippen molar-refractivity contribution in [3.8, 4) is 0 Å². The average Bonchev–Trinajstić information content (AvgIpc) is 2.41. The first-order valence-electron chi connectivity index (χ1n) is 6.23. The highest BCUT2D eigenvalue weighted by Crippen LogP contribution is 2.19. The van der Waals surface area contributed by atoms with Gasteiger partial charge in [-0.25, -0.2) is 0 Å². The van der Waals surface area contributed by atoms with E-state index in [1.165, 1.54) is 13.1 Å². The highest BCUT2D eigenvalue weighted by atomic mass is 19.4. The fraction of sp³-hybridized carbons (Fsp3) is 0.583. The van der Waals surface area contributed by atoms with Crippen LogP contribution in [0.2, 0.25) is 0 Å². The maximum absolute atomic E-state index is 12.1. The summed E-state index contributed by atoms with van der Waals surface area (Å²) in [6.07, 6.45) is -4.41. The minimum atomic E-state index is -4.28. The van der Waals surface area contributed by atoms with Crippen LogP contribution < -0.4 is 5.32 Å². The zero-order valence-electron chi connectivity index (χ0n) is 11.4. The first kappa shape index (κ1) is 16.2. The van der Waals surface area contributed by atoms with Gasteiger partial charge in [-0.3, -0.25) is 4.79 Å².